The highest BCUT2D eigenvalue weighted by Gasteiger charge is 2.17. The molecular formula is C15H15NO2S. The predicted octanol–water partition coefficient (Wildman–Crippen LogP) is 3.58. The molecule has 1 aliphatic carbocycles. The van der Waals surface area contributed by atoms with E-state index in [0.717, 1.165) is 17.7 Å². The van der Waals surface area contributed by atoms with E-state index < -0.39 is 0 Å². The molecule has 0 aliphatic heterocycles. The number of hydrogen-bond acceptors (Lipinski definition) is 3. The van der Waals surface area contributed by atoms with Crippen molar-refractivity contribution >= 4 is 22.9 Å². The zero-order chi connectivity index (χ0) is 13.2. The van der Waals surface area contributed by atoms with Gasteiger partial charge in [0.05, 0.1) is 10.6 Å². The van der Waals surface area contributed by atoms with Gasteiger partial charge in [0, 0.05) is 4.88 Å². The fraction of sp³-hybridized carbons (Fsp3) is 0.267. The molecule has 0 unspecified atom stereocenters. The summed E-state index contributed by atoms with van der Waals surface area (Å²) in [5, 5.41) is 12.4. The first kappa shape index (κ1) is 12.2. The first-order valence-electron chi connectivity index (χ1n) is 6.45. The van der Waals surface area contributed by atoms with Crippen molar-refractivity contribution in [3.63, 3.8) is 0 Å². The summed E-state index contributed by atoms with van der Waals surface area (Å²) in [4.78, 5) is 14.2. The Bertz CT molecular complexity index is 595. The maximum absolute atomic E-state index is 12.2. The molecule has 0 atom stereocenters. The van der Waals surface area contributed by atoms with Gasteiger partial charge in [-0.3, -0.25) is 4.79 Å². The van der Waals surface area contributed by atoms with Crippen LogP contribution in [0.15, 0.2) is 30.3 Å². The van der Waals surface area contributed by atoms with E-state index in [2.05, 4.69) is 5.32 Å². The molecule has 2 aromatic rings. The van der Waals surface area contributed by atoms with Gasteiger partial charge in [0.25, 0.3) is 5.91 Å². The van der Waals surface area contributed by atoms with E-state index in [1.54, 1.807) is 35.6 Å². The SMILES string of the molecule is O=C(Nc1ccccc1O)c1cc2c(s1)CCCC2. The minimum absolute atomic E-state index is 0.0946. The Morgan fingerprint density at radius 3 is 2.79 bits per heavy atom. The summed E-state index contributed by atoms with van der Waals surface area (Å²) in [6.07, 6.45) is 4.60. The lowest BCUT2D eigenvalue weighted by Gasteiger charge is -2.08. The van der Waals surface area contributed by atoms with Gasteiger partial charge in [-0.15, -0.1) is 11.3 Å². The Labute approximate surface area is 115 Å². The number of para-hydroxylation sites is 2. The number of carbonyl (C=O) groups is 1. The van der Waals surface area contributed by atoms with Crippen molar-refractivity contribution < 1.29 is 9.90 Å². The summed E-state index contributed by atoms with van der Waals surface area (Å²) in [6, 6.07) is 8.77. The van der Waals surface area contributed by atoms with E-state index >= 15 is 0 Å². The van der Waals surface area contributed by atoms with Crippen LogP contribution >= 0.6 is 11.3 Å². The highest BCUT2D eigenvalue weighted by Crippen LogP contribution is 2.30. The maximum atomic E-state index is 12.2. The van der Waals surface area contributed by atoms with Crippen molar-refractivity contribution in [1.29, 1.82) is 0 Å². The lowest BCUT2D eigenvalue weighted by Crippen LogP contribution is -2.10. The van der Waals surface area contributed by atoms with Crippen LogP contribution in [0.2, 0.25) is 0 Å². The molecule has 1 aromatic carbocycles. The number of thiophene rings is 1. The highest BCUT2D eigenvalue weighted by atomic mass is 32.1. The lowest BCUT2D eigenvalue weighted by atomic mass is 9.99. The van der Waals surface area contributed by atoms with Crippen LogP contribution in [-0.4, -0.2) is 11.0 Å². The summed E-state index contributed by atoms with van der Waals surface area (Å²) < 4.78 is 0. The number of hydrogen-bond donors (Lipinski definition) is 2. The molecular weight excluding hydrogens is 258 g/mol. The molecule has 0 spiro atoms. The topological polar surface area (TPSA) is 49.3 Å². The lowest BCUT2D eigenvalue weighted by molar-refractivity contribution is 0.103. The van der Waals surface area contributed by atoms with E-state index in [9.17, 15) is 9.90 Å². The van der Waals surface area contributed by atoms with Crippen molar-refractivity contribution in [2.24, 2.45) is 0 Å². The Balaban J connectivity index is 1.81. The highest BCUT2D eigenvalue weighted by molar-refractivity contribution is 7.14. The van der Waals surface area contributed by atoms with E-state index in [-0.39, 0.29) is 11.7 Å². The van der Waals surface area contributed by atoms with E-state index in [0.29, 0.717) is 5.69 Å². The molecule has 3 nitrogen and oxygen atoms in total. The zero-order valence-corrected chi connectivity index (χ0v) is 11.3. The standard InChI is InChI=1S/C15H15NO2S/c17-12-7-3-2-6-11(12)16-15(18)14-9-10-5-1-4-8-13(10)19-14/h2-3,6-7,9,17H,1,4-5,8H2,(H,16,18). The summed E-state index contributed by atoms with van der Waals surface area (Å²) in [6.45, 7) is 0. The van der Waals surface area contributed by atoms with E-state index in [1.165, 1.54) is 23.3 Å². The Hall–Kier alpha value is -1.81. The quantitative estimate of drug-likeness (QED) is 0.822. The third-order valence-electron chi connectivity index (χ3n) is 3.37. The number of phenols is 1. The fourth-order valence-corrected chi connectivity index (χ4v) is 3.51. The normalized spacial score (nSPS) is 13.9. The number of fused-ring (bicyclic) bond motifs is 1. The molecule has 19 heavy (non-hydrogen) atoms. The molecule has 4 heteroatoms. The van der Waals surface area contributed by atoms with Crippen molar-refractivity contribution in [3.8, 4) is 5.75 Å². The van der Waals surface area contributed by atoms with Crippen LogP contribution in [-0.2, 0) is 12.8 Å². The largest absolute Gasteiger partial charge is 0.506 e. The van der Waals surface area contributed by atoms with Crippen LogP contribution in [0.5, 0.6) is 5.75 Å². The molecule has 1 aliphatic rings. The van der Waals surface area contributed by atoms with Crippen molar-refractivity contribution in [2.45, 2.75) is 25.7 Å². The number of nitrogens with one attached hydrogen (secondary N) is 1. The monoisotopic (exact) mass is 273 g/mol. The predicted molar refractivity (Wildman–Crippen MR) is 77.0 cm³/mol. The number of benzene rings is 1. The van der Waals surface area contributed by atoms with Crippen LogP contribution in [0, 0.1) is 0 Å². The van der Waals surface area contributed by atoms with Crippen molar-refractivity contribution in [1.82, 2.24) is 0 Å². The van der Waals surface area contributed by atoms with Gasteiger partial charge in [-0.2, -0.15) is 0 Å². The van der Waals surface area contributed by atoms with Gasteiger partial charge >= 0.3 is 0 Å². The molecule has 0 radical (unpaired) electrons. The molecule has 1 aromatic heterocycles. The first-order chi connectivity index (χ1) is 9.24. The van der Waals surface area contributed by atoms with Gasteiger partial charge in [0.15, 0.2) is 0 Å². The van der Waals surface area contributed by atoms with Crippen LogP contribution in [0.1, 0.15) is 33.0 Å². The molecule has 2 N–H and O–H groups in total. The van der Waals surface area contributed by atoms with Gasteiger partial charge in [-0.1, -0.05) is 12.1 Å². The number of rotatable bonds is 2. The van der Waals surface area contributed by atoms with Crippen LogP contribution in [0.4, 0.5) is 5.69 Å². The van der Waals surface area contributed by atoms with Crippen molar-refractivity contribution in [3.05, 3.63) is 45.6 Å². The van der Waals surface area contributed by atoms with Gasteiger partial charge < -0.3 is 10.4 Å². The fourth-order valence-electron chi connectivity index (χ4n) is 2.37. The minimum Gasteiger partial charge on any atom is -0.506 e. The van der Waals surface area contributed by atoms with Gasteiger partial charge in [0.2, 0.25) is 0 Å². The Morgan fingerprint density at radius 2 is 2.00 bits per heavy atom. The van der Waals surface area contributed by atoms with E-state index in [1.807, 2.05) is 6.07 Å². The van der Waals surface area contributed by atoms with Gasteiger partial charge in [-0.25, -0.2) is 0 Å². The minimum atomic E-state index is -0.138. The van der Waals surface area contributed by atoms with Crippen LogP contribution in [0.3, 0.4) is 0 Å². The number of anilines is 1. The number of aryl methyl sites for hydroxylation is 2. The van der Waals surface area contributed by atoms with Gasteiger partial charge in [0.1, 0.15) is 5.75 Å². The number of phenolic OH excluding ortho intramolecular Hbond substituents is 1. The van der Waals surface area contributed by atoms with Gasteiger partial charge in [-0.05, 0) is 49.4 Å². The molecule has 0 saturated carbocycles. The average Bonchev–Trinajstić information content (AvgIpc) is 2.85. The molecule has 0 saturated heterocycles. The van der Waals surface area contributed by atoms with Crippen molar-refractivity contribution in [2.75, 3.05) is 5.32 Å². The van der Waals surface area contributed by atoms with Crippen LogP contribution in [0.25, 0.3) is 0 Å². The summed E-state index contributed by atoms with van der Waals surface area (Å²) in [5.41, 5.74) is 1.78. The smallest absolute Gasteiger partial charge is 0.265 e. The molecule has 0 fully saturated rings. The molecule has 3 rings (SSSR count). The second-order valence-electron chi connectivity index (χ2n) is 4.74. The first-order valence-corrected chi connectivity index (χ1v) is 7.26. The molecule has 1 amide bonds. The van der Waals surface area contributed by atoms with E-state index in [4.69, 9.17) is 0 Å². The second kappa shape index (κ2) is 5.05. The summed E-state index contributed by atoms with van der Waals surface area (Å²) in [5.74, 6) is -0.0435. The summed E-state index contributed by atoms with van der Waals surface area (Å²) >= 11 is 1.57. The Kier molecular flexibility index (Phi) is 3.25. The summed E-state index contributed by atoms with van der Waals surface area (Å²) in [7, 11) is 0. The maximum Gasteiger partial charge on any atom is 0.265 e. The third-order valence-corrected chi connectivity index (χ3v) is 4.61. The second-order valence-corrected chi connectivity index (χ2v) is 5.87. The Morgan fingerprint density at radius 1 is 1.21 bits per heavy atom. The molecule has 0 bridgehead atoms. The molecule has 1 heterocycles. The number of carbonyl (C=O) groups excluding carboxylic acids is 1. The average molecular weight is 273 g/mol. The van der Waals surface area contributed by atoms with Crippen LogP contribution < -0.4 is 5.32 Å². The zero-order valence-electron chi connectivity index (χ0n) is 10.5. The number of aromatic hydroxyl groups is 1. The third kappa shape index (κ3) is 2.49. The number of amides is 1. The molecule has 98 valence electrons.